The first-order valence-corrected chi connectivity index (χ1v) is 11.9. The molecule has 1 saturated heterocycles. The number of nitrogens with one attached hydrogen (secondary N) is 1. The molecule has 0 bridgehead atoms. The minimum Gasteiger partial charge on any atom is -0.477 e. The molecule has 8 nitrogen and oxygen atoms in total. The Kier molecular flexibility index (Phi) is 6.75. The number of carboxylic acids is 1. The van der Waals surface area contributed by atoms with E-state index in [1.807, 2.05) is 30.3 Å². The first-order valence-electron chi connectivity index (χ1n) is 10.00. The van der Waals surface area contributed by atoms with E-state index in [0.717, 1.165) is 17.3 Å². The summed E-state index contributed by atoms with van der Waals surface area (Å²) in [6, 6.07) is 15.1. The Morgan fingerprint density at radius 1 is 1.15 bits per heavy atom. The molecule has 10 heteroatoms. The van der Waals surface area contributed by atoms with Crippen molar-refractivity contribution in [1.29, 1.82) is 0 Å². The van der Waals surface area contributed by atoms with Crippen molar-refractivity contribution in [3.8, 4) is 0 Å². The predicted molar refractivity (Wildman–Crippen MR) is 123 cm³/mol. The smallest absolute Gasteiger partial charge is 0.353 e. The molecule has 4 rings (SSSR count). The minimum absolute atomic E-state index is 0.123. The van der Waals surface area contributed by atoms with Crippen LogP contribution in [-0.2, 0) is 25.5 Å². The van der Waals surface area contributed by atoms with Gasteiger partial charge in [-0.1, -0.05) is 54.2 Å². The molecule has 0 saturated carbocycles. The van der Waals surface area contributed by atoms with Crippen LogP contribution in [-0.4, -0.2) is 58.0 Å². The second-order valence-corrected chi connectivity index (χ2v) is 9.53. The van der Waals surface area contributed by atoms with Crippen LogP contribution in [0, 0.1) is 0 Å². The number of β-lactam (4-membered cyclic amide) rings is 1. The van der Waals surface area contributed by atoms with Crippen LogP contribution in [0.25, 0.3) is 0 Å². The highest BCUT2D eigenvalue weighted by Crippen LogP contribution is 2.45. The molecule has 2 aromatic rings. The monoisotopic (exact) mass is 484 g/mol. The number of hydrogen-bond donors (Lipinski definition) is 2. The normalized spacial score (nSPS) is 19.4. The number of methoxy groups -OCH3 is 1. The number of rotatable bonds is 7. The fraction of sp³-hybridized carbons (Fsp3) is 0.217. The summed E-state index contributed by atoms with van der Waals surface area (Å²) in [4.78, 5) is 51.6. The molecular formula is C23H20N2O6S2. The fourth-order valence-corrected chi connectivity index (χ4v) is 6.23. The molecule has 2 N–H and O–H groups in total. The summed E-state index contributed by atoms with van der Waals surface area (Å²) in [6.45, 7) is 0. The van der Waals surface area contributed by atoms with Gasteiger partial charge < -0.3 is 15.2 Å². The number of carbonyl (C=O) groups excluding carboxylic acids is 3. The molecule has 2 heterocycles. The number of thioether (sulfide) groups is 2. The number of nitrogens with zero attached hydrogens (tertiary/aromatic N) is 1. The van der Waals surface area contributed by atoms with Crippen molar-refractivity contribution in [3.63, 3.8) is 0 Å². The topological polar surface area (TPSA) is 113 Å². The highest BCUT2D eigenvalue weighted by Gasteiger charge is 2.54. The van der Waals surface area contributed by atoms with E-state index in [1.165, 1.54) is 23.8 Å². The third-order valence-corrected chi connectivity index (χ3v) is 7.81. The maximum atomic E-state index is 12.8. The van der Waals surface area contributed by atoms with Gasteiger partial charge >= 0.3 is 11.9 Å². The van der Waals surface area contributed by atoms with Gasteiger partial charge in [0, 0.05) is 15.6 Å². The van der Waals surface area contributed by atoms with E-state index in [0.29, 0.717) is 21.1 Å². The molecule has 2 aliphatic heterocycles. The third-order valence-electron chi connectivity index (χ3n) is 5.19. The maximum absolute atomic E-state index is 12.8. The Labute approximate surface area is 198 Å². The number of benzene rings is 2. The molecule has 1 fully saturated rings. The third kappa shape index (κ3) is 4.62. The largest absolute Gasteiger partial charge is 0.477 e. The molecule has 2 amide bonds. The van der Waals surface area contributed by atoms with Crippen LogP contribution in [0.2, 0.25) is 0 Å². The lowest BCUT2D eigenvalue weighted by atomic mass is 10.0. The van der Waals surface area contributed by atoms with E-state index >= 15 is 0 Å². The van der Waals surface area contributed by atoms with Crippen LogP contribution in [0.15, 0.2) is 70.1 Å². The number of esters is 1. The van der Waals surface area contributed by atoms with Gasteiger partial charge in [0.05, 0.1) is 19.1 Å². The lowest BCUT2D eigenvalue weighted by Crippen LogP contribution is -2.70. The van der Waals surface area contributed by atoms with Crippen molar-refractivity contribution in [1.82, 2.24) is 10.2 Å². The summed E-state index contributed by atoms with van der Waals surface area (Å²) in [7, 11) is 1.28. The zero-order valence-electron chi connectivity index (χ0n) is 17.5. The summed E-state index contributed by atoms with van der Waals surface area (Å²) in [5.41, 5.74) is 1.02. The van der Waals surface area contributed by atoms with Gasteiger partial charge in [0.25, 0.3) is 5.91 Å². The molecule has 170 valence electrons. The molecule has 2 aromatic carbocycles. The van der Waals surface area contributed by atoms with Crippen LogP contribution in [0.1, 0.15) is 15.9 Å². The first kappa shape index (κ1) is 22.9. The van der Waals surface area contributed by atoms with Gasteiger partial charge in [-0.25, -0.2) is 9.59 Å². The van der Waals surface area contributed by atoms with Crippen LogP contribution >= 0.6 is 23.5 Å². The predicted octanol–water partition coefficient (Wildman–Crippen LogP) is 2.50. The summed E-state index contributed by atoms with van der Waals surface area (Å²) in [6.07, 6.45) is 0.134. The molecule has 2 atom stereocenters. The van der Waals surface area contributed by atoms with E-state index < -0.39 is 29.3 Å². The Balaban J connectivity index is 1.52. The number of carboxylic acid groups (broad SMARTS) is 1. The van der Waals surface area contributed by atoms with Crippen LogP contribution in [0.4, 0.5) is 0 Å². The summed E-state index contributed by atoms with van der Waals surface area (Å²) in [5.74, 6) is -2.21. The first-order chi connectivity index (χ1) is 15.9. The number of fused-ring (bicyclic) bond motifs is 1. The van der Waals surface area contributed by atoms with E-state index in [4.69, 9.17) is 4.74 Å². The highest BCUT2D eigenvalue weighted by atomic mass is 32.2. The number of ether oxygens (including phenoxy) is 1. The zero-order chi connectivity index (χ0) is 23.5. The van der Waals surface area contributed by atoms with Crippen molar-refractivity contribution in [2.45, 2.75) is 22.7 Å². The Morgan fingerprint density at radius 2 is 1.85 bits per heavy atom. The van der Waals surface area contributed by atoms with Crippen molar-refractivity contribution >= 4 is 47.3 Å². The molecule has 2 aliphatic rings. The highest BCUT2D eigenvalue weighted by molar-refractivity contribution is 8.06. The summed E-state index contributed by atoms with van der Waals surface area (Å²) < 4.78 is 4.81. The van der Waals surface area contributed by atoms with Gasteiger partial charge in [0.2, 0.25) is 5.91 Å². The Bertz CT molecular complexity index is 1150. The van der Waals surface area contributed by atoms with Crippen molar-refractivity contribution in [2.75, 3.05) is 12.9 Å². The maximum Gasteiger partial charge on any atom is 0.353 e. The second kappa shape index (κ2) is 9.72. The molecule has 0 spiro atoms. The molecule has 0 unspecified atom stereocenters. The van der Waals surface area contributed by atoms with Crippen molar-refractivity contribution in [3.05, 3.63) is 76.3 Å². The Morgan fingerprint density at radius 3 is 2.55 bits per heavy atom. The van der Waals surface area contributed by atoms with Crippen molar-refractivity contribution < 1.29 is 29.0 Å². The van der Waals surface area contributed by atoms with E-state index in [2.05, 4.69) is 5.32 Å². The van der Waals surface area contributed by atoms with Gasteiger partial charge in [0.15, 0.2) is 0 Å². The quantitative estimate of drug-likeness (QED) is 0.455. The molecule has 33 heavy (non-hydrogen) atoms. The average molecular weight is 485 g/mol. The molecule has 0 radical (unpaired) electrons. The van der Waals surface area contributed by atoms with Crippen molar-refractivity contribution in [2.24, 2.45) is 0 Å². The summed E-state index contributed by atoms with van der Waals surface area (Å²) >= 11 is 2.50. The average Bonchev–Trinajstić information content (AvgIpc) is 2.82. The van der Waals surface area contributed by atoms with Gasteiger partial charge in [-0.15, -0.1) is 11.8 Å². The zero-order valence-corrected chi connectivity index (χ0v) is 19.2. The summed E-state index contributed by atoms with van der Waals surface area (Å²) in [5, 5.41) is 12.1. The number of amides is 2. The van der Waals surface area contributed by atoms with Crippen LogP contribution < -0.4 is 5.32 Å². The minimum atomic E-state index is -1.24. The number of aliphatic carboxylic acids is 1. The molecular weight excluding hydrogens is 464 g/mol. The number of hydrogen-bond acceptors (Lipinski definition) is 7. The van der Waals surface area contributed by atoms with Crippen LogP contribution in [0.5, 0.6) is 0 Å². The standard InChI is InChI=1S/C23H20N2O6S2/c1-31-23(30)14-9-5-6-10-15(14)33-16-12-32-21-18(20(27)25(21)19(16)22(28)29)24-17(26)11-13-7-3-2-4-8-13/h2-10,18,21H,11-12H2,1H3,(H,24,26)(H,28,29)/t18-,21+/m1/s1. The fourth-order valence-electron chi connectivity index (χ4n) is 3.64. The van der Waals surface area contributed by atoms with Gasteiger partial charge in [-0.05, 0) is 17.7 Å². The van der Waals surface area contributed by atoms with Gasteiger partial charge in [-0.2, -0.15) is 0 Å². The van der Waals surface area contributed by atoms with Gasteiger partial charge in [-0.3, -0.25) is 14.5 Å². The Hall–Kier alpha value is -3.24. The van der Waals surface area contributed by atoms with E-state index in [1.54, 1.807) is 24.3 Å². The van der Waals surface area contributed by atoms with Crippen LogP contribution in [0.3, 0.4) is 0 Å². The lowest BCUT2D eigenvalue weighted by Gasteiger charge is -2.49. The number of carbonyl (C=O) groups is 4. The lowest BCUT2D eigenvalue weighted by molar-refractivity contribution is -0.150. The SMILES string of the molecule is COC(=O)c1ccccc1SC1=C(C(=O)O)N2C(=O)[C@@H](NC(=O)Cc3ccccc3)[C@@H]2SC1. The van der Waals surface area contributed by atoms with E-state index in [9.17, 15) is 24.3 Å². The second-order valence-electron chi connectivity index (χ2n) is 7.28. The molecule has 0 aliphatic carbocycles. The van der Waals surface area contributed by atoms with Gasteiger partial charge in [0.1, 0.15) is 17.1 Å². The van der Waals surface area contributed by atoms with E-state index in [-0.39, 0.29) is 18.0 Å². The molecule has 0 aromatic heterocycles.